The molecule has 0 unspecified atom stereocenters. The van der Waals surface area contributed by atoms with Crippen molar-refractivity contribution < 1.29 is 9.21 Å². The molecule has 0 aliphatic heterocycles. The number of urea groups is 1. The third-order valence-corrected chi connectivity index (χ3v) is 4.12. The number of rotatable bonds is 6. The minimum Gasteiger partial charge on any atom is -0.459 e. The van der Waals surface area contributed by atoms with Crippen molar-refractivity contribution in [3.8, 4) is 11.3 Å². The first-order valence-electron chi connectivity index (χ1n) is 7.48. The molecule has 0 radical (unpaired) electrons. The van der Waals surface area contributed by atoms with E-state index in [9.17, 15) is 4.79 Å². The van der Waals surface area contributed by atoms with Gasteiger partial charge in [-0.25, -0.2) is 4.79 Å². The van der Waals surface area contributed by atoms with Crippen molar-refractivity contribution in [3.63, 3.8) is 0 Å². The summed E-state index contributed by atoms with van der Waals surface area (Å²) in [6.07, 6.45) is 0.817. The molecule has 0 saturated heterocycles. The number of benzene rings is 1. The van der Waals surface area contributed by atoms with E-state index in [1.165, 1.54) is 5.56 Å². The molecule has 1 aromatic carbocycles. The number of hydrogen-bond donors (Lipinski definition) is 2. The average Bonchev–Trinajstić information content (AvgIpc) is 3.25. The van der Waals surface area contributed by atoms with Gasteiger partial charge < -0.3 is 15.1 Å². The Hall–Kier alpha value is -2.53. The fourth-order valence-electron chi connectivity index (χ4n) is 2.23. The Morgan fingerprint density at radius 2 is 1.91 bits per heavy atom. The van der Waals surface area contributed by atoms with Crippen LogP contribution < -0.4 is 10.6 Å². The Morgan fingerprint density at radius 3 is 2.70 bits per heavy atom. The van der Waals surface area contributed by atoms with Crippen LogP contribution in [0.2, 0.25) is 0 Å². The maximum atomic E-state index is 11.8. The van der Waals surface area contributed by atoms with Gasteiger partial charge in [-0.05, 0) is 35.6 Å². The summed E-state index contributed by atoms with van der Waals surface area (Å²) in [7, 11) is 0. The standard InChI is InChI=1S/C18H18N2O2S/c21-18(19-10-8-14-4-2-1-3-5-14)20-12-16-6-7-17(22-16)15-9-11-23-13-15/h1-7,9,11,13H,8,10,12H2,(H2,19,20,21). The summed E-state index contributed by atoms with van der Waals surface area (Å²) >= 11 is 1.63. The molecule has 0 atom stereocenters. The molecular formula is C18H18N2O2S. The van der Waals surface area contributed by atoms with Crippen LogP contribution in [0.4, 0.5) is 4.79 Å². The van der Waals surface area contributed by atoms with Crippen LogP contribution >= 0.6 is 11.3 Å². The fraction of sp³-hybridized carbons (Fsp3) is 0.167. The van der Waals surface area contributed by atoms with Gasteiger partial charge in [-0.3, -0.25) is 0 Å². The van der Waals surface area contributed by atoms with Crippen LogP contribution in [0.25, 0.3) is 11.3 Å². The summed E-state index contributed by atoms with van der Waals surface area (Å²) in [4.78, 5) is 11.8. The van der Waals surface area contributed by atoms with Crippen LogP contribution in [0.1, 0.15) is 11.3 Å². The van der Waals surface area contributed by atoms with E-state index in [4.69, 9.17) is 4.42 Å². The Labute approximate surface area is 139 Å². The molecule has 0 saturated carbocycles. The minimum absolute atomic E-state index is 0.186. The molecule has 3 rings (SSSR count). The molecule has 0 bridgehead atoms. The van der Waals surface area contributed by atoms with Crippen LogP contribution in [-0.2, 0) is 13.0 Å². The molecule has 4 nitrogen and oxygen atoms in total. The van der Waals surface area contributed by atoms with Gasteiger partial charge in [0.15, 0.2) is 0 Å². The van der Waals surface area contributed by atoms with Crippen LogP contribution in [0.3, 0.4) is 0 Å². The lowest BCUT2D eigenvalue weighted by Gasteiger charge is -2.06. The fourth-order valence-corrected chi connectivity index (χ4v) is 2.87. The van der Waals surface area contributed by atoms with Gasteiger partial charge in [-0.2, -0.15) is 11.3 Å². The zero-order valence-electron chi connectivity index (χ0n) is 12.6. The lowest BCUT2D eigenvalue weighted by molar-refractivity contribution is 0.239. The van der Waals surface area contributed by atoms with Crippen molar-refractivity contribution in [2.24, 2.45) is 0 Å². The summed E-state index contributed by atoms with van der Waals surface area (Å²) in [5.41, 5.74) is 2.27. The Morgan fingerprint density at radius 1 is 1.04 bits per heavy atom. The maximum Gasteiger partial charge on any atom is 0.315 e. The minimum atomic E-state index is -0.186. The van der Waals surface area contributed by atoms with Gasteiger partial charge in [0.25, 0.3) is 0 Å². The van der Waals surface area contributed by atoms with Crippen molar-refractivity contribution in [1.29, 1.82) is 0 Å². The predicted octanol–water partition coefficient (Wildman–Crippen LogP) is 4.05. The lowest BCUT2D eigenvalue weighted by atomic mass is 10.1. The maximum absolute atomic E-state index is 11.8. The normalized spacial score (nSPS) is 10.4. The molecule has 118 valence electrons. The second-order valence-corrected chi connectivity index (χ2v) is 5.90. The van der Waals surface area contributed by atoms with Gasteiger partial charge in [0.1, 0.15) is 11.5 Å². The monoisotopic (exact) mass is 326 g/mol. The number of amides is 2. The third-order valence-electron chi connectivity index (χ3n) is 3.43. The highest BCUT2D eigenvalue weighted by Gasteiger charge is 2.06. The number of hydrogen-bond acceptors (Lipinski definition) is 3. The zero-order valence-corrected chi connectivity index (χ0v) is 13.4. The van der Waals surface area contributed by atoms with Crippen LogP contribution in [0, 0.1) is 0 Å². The van der Waals surface area contributed by atoms with Gasteiger partial charge >= 0.3 is 6.03 Å². The summed E-state index contributed by atoms with van der Waals surface area (Å²) in [6, 6.07) is 15.7. The molecule has 5 heteroatoms. The molecule has 2 aromatic heterocycles. The van der Waals surface area contributed by atoms with Gasteiger partial charge in [0.2, 0.25) is 0 Å². The number of carbonyl (C=O) groups excluding carboxylic acids is 1. The summed E-state index contributed by atoms with van der Waals surface area (Å²) < 4.78 is 5.72. The number of carbonyl (C=O) groups is 1. The average molecular weight is 326 g/mol. The van der Waals surface area contributed by atoms with E-state index in [0.717, 1.165) is 23.5 Å². The predicted molar refractivity (Wildman–Crippen MR) is 92.4 cm³/mol. The molecule has 0 spiro atoms. The third kappa shape index (κ3) is 4.47. The first-order valence-corrected chi connectivity index (χ1v) is 8.42. The van der Waals surface area contributed by atoms with E-state index in [2.05, 4.69) is 22.8 Å². The molecule has 23 heavy (non-hydrogen) atoms. The highest BCUT2D eigenvalue weighted by molar-refractivity contribution is 7.08. The highest BCUT2D eigenvalue weighted by atomic mass is 32.1. The lowest BCUT2D eigenvalue weighted by Crippen LogP contribution is -2.36. The summed E-state index contributed by atoms with van der Waals surface area (Å²) in [6.45, 7) is 0.982. The highest BCUT2D eigenvalue weighted by Crippen LogP contribution is 2.24. The first-order chi connectivity index (χ1) is 11.3. The quantitative estimate of drug-likeness (QED) is 0.718. The van der Waals surface area contributed by atoms with Crippen LogP contribution in [-0.4, -0.2) is 12.6 Å². The smallest absolute Gasteiger partial charge is 0.315 e. The molecule has 0 aliphatic carbocycles. The van der Waals surface area contributed by atoms with Crippen molar-refractivity contribution in [3.05, 3.63) is 70.6 Å². The van der Waals surface area contributed by atoms with Gasteiger partial charge in [0, 0.05) is 17.5 Å². The second kappa shape index (κ2) is 7.65. The largest absolute Gasteiger partial charge is 0.459 e. The molecule has 3 aromatic rings. The first kappa shape index (κ1) is 15.4. The Balaban J connectivity index is 1.41. The van der Waals surface area contributed by atoms with E-state index in [1.54, 1.807) is 11.3 Å². The van der Waals surface area contributed by atoms with Crippen molar-refractivity contribution in [2.75, 3.05) is 6.54 Å². The molecule has 0 aliphatic rings. The topological polar surface area (TPSA) is 54.3 Å². The van der Waals surface area contributed by atoms with E-state index in [1.807, 2.05) is 47.2 Å². The molecule has 2 N–H and O–H groups in total. The van der Waals surface area contributed by atoms with Crippen LogP contribution in [0.5, 0.6) is 0 Å². The molecule has 0 fully saturated rings. The molecular weight excluding hydrogens is 308 g/mol. The number of furan rings is 1. The van der Waals surface area contributed by atoms with Gasteiger partial charge in [-0.15, -0.1) is 0 Å². The van der Waals surface area contributed by atoms with E-state index in [0.29, 0.717) is 13.1 Å². The van der Waals surface area contributed by atoms with Crippen molar-refractivity contribution in [1.82, 2.24) is 10.6 Å². The second-order valence-electron chi connectivity index (χ2n) is 5.12. The van der Waals surface area contributed by atoms with E-state index >= 15 is 0 Å². The van der Waals surface area contributed by atoms with Gasteiger partial charge in [0.05, 0.1) is 6.54 Å². The van der Waals surface area contributed by atoms with Crippen LogP contribution in [0.15, 0.2) is 63.7 Å². The van der Waals surface area contributed by atoms with Gasteiger partial charge in [-0.1, -0.05) is 30.3 Å². The number of thiophene rings is 1. The SMILES string of the molecule is O=C(NCCc1ccccc1)NCc1ccc(-c2ccsc2)o1. The number of nitrogens with one attached hydrogen (secondary N) is 2. The molecule has 2 amide bonds. The Kier molecular flexibility index (Phi) is 5.11. The van der Waals surface area contributed by atoms with E-state index < -0.39 is 0 Å². The Bertz CT molecular complexity index is 735. The molecule has 2 heterocycles. The summed E-state index contributed by atoms with van der Waals surface area (Å²) in [5, 5.41) is 9.69. The van der Waals surface area contributed by atoms with Crippen molar-refractivity contribution in [2.45, 2.75) is 13.0 Å². The summed E-state index contributed by atoms with van der Waals surface area (Å²) in [5.74, 6) is 1.57. The van der Waals surface area contributed by atoms with Crippen molar-refractivity contribution >= 4 is 17.4 Å². The zero-order chi connectivity index (χ0) is 15.9. The van der Waals surface area contributed by atoms with E-state index in [-0.39, 0.29) is 6.03 Å².